The summed E-state index contributed by atoms with van der Waals surface area (Å²) < 4.78 is 50.9. The molecule has 3 aromatic carbocycles. The van der Waals surface area contributed by atoms with Gasteiger partial charge in [-0.1, -0.05) is 95.7 Å². The quantitative estimate of drug-likeness (QED) is 0.109. The van der Waals surface area contributed by atoms with Gasteiger partial charge in [0.25, 0.3) is 0 Å². The lowest BCUT2D eigenvalue weighted by Gasteiger charge is -2.31. The van der Waals surface area contributed by atoms with Crippen LogP contribution in [0, 0.1) is 0 Å². The maximum Gasteiger partial charge on any atom is 0.476 e. The van der Waals surface area contributed by atoms with Crippen molar-refractivity contribution in [2.75, 3.05) is 21.3 Å². The predicted octanol–water partition coefficient (Wildman–Crippen LogP) is 11.0. The smallest absolute Gasteiger partial charge is 0.476 e. The number of hydrogen-bond acceptors (Lipinski definition) is 7. The van der Waals surface area contributed by atoms with Gasteiger partial charge in [0, 0.05) is 0 Å². The molecule has 0 fully saturated rings. The van der Waals surface area contributed by atoms with Gasteiger partial charge in [-0.2, -0.15) is 0 Å². The normalized spacial score (nSPS) is 14.8. The second-order valence-corrected chi connectivity index (χ2v) is 12.5. The average Bonchev–Trinajstić information content (AvgIpc) is 3.07. The molecule has 3 aromatic rings. The Balaban J connectivity index is 2.05. The summed E-state index contributed by atoms with van der Waals surface area (Å²) in [5.41, 5.74) is 2.70. The van der Waals surface area contributed by atoms with E-state index in [0.29, 0.717) is 19.3 Å². The summed E-state index contributed by atoms with van der Waals surface area (Å²) in [5.74, 6) is 2.24. The summed E-state index contributed by atoms with van der Waals surface area (Å²) in [6.45, 7) is 6.39. The summed E-state index contributed by atoms with van der Waals surface area (Å²) in [6, 6.07) is 23.1. The van der Waals surface area contributed by atoms with Crippen LogP contribution in [-0.4, -0.2) is 21.3 Å². The van der Waals surface area contributed by atoms with Crippen LogP contribution in [0.4, 0.5) is 0 Å². The lowest BCUT2D eigenvalue weighted by atomic mass is 10.0. The number of unbranched alkanes of at least 4 members (excludes halogenated alkanes) is 3. The van der Waals surface area contributed by atoms with Gasteiger partial charge in [0.1, 0.15) is 17.2 Å². The summed E-state index contributed by atoms with van der Waals surface area (Å²) >= 11 is 0. The van der Waals surface area contributed by atoms with Crippen LogP contribution in [0.3, 0.4) is 0 Å². The molecule has 0 heterocycles. The first-order valence-corrected chi connectivity index (χ1v) is 17.4. The van der Waals surface area contributed by atoms with E-state index in [0.717, 1.165) is 72.5 Å². The fourth-order valence-electron chi connectivity index (χ4n) is 5.01. The fourth-order valence-corrected chi connectivity index (χ4v) is 6.77. The SMILES string of the molecule is CCCCC(OP(=O)(OC(CCCC)c1ccc(OC)cc1)OC(CCCC)c1ccc(OC)cc1)c1ccc(OC)cc1. The molecule has 0 aromatic heterocycles. The number of methoxy groups -OCH3 is 3. The van der Waals surface area contributed by atoms with E-state index < -0.39 is 26.1 Å². The van der Waals surface area contributed by atoms with Crippen molar-refractivity contribution in [3.63, 3.8) is 0 Å². The molecular weight excluding hydrogens is 575 g/mol. The van der Waals surface area contributed by atoms with E-state index in [4.69, 9.17) is 27.8 Å². The van der Waals surface area contributed by atoms with Crippen molar-refractivity contribution < 1.29 is 32.3 Å². The van der Waals surface area contributed by atoms with Gasteiger partial charge in [-0.3, -0.25) is 13.6 Å². The van der Waals surface area contributed by atoms with Crippen LogP contribution in [-0.2, 0) is 18.1 Å². The molecule has 0 amide bonds. The predicted molar refractivity (Wildman–Crippen MR) is 177 cm³/mol. The lowest BCUT2D eigenvalue weighted by Crippen LogP contribution is -2.13. The first kappa shape index (κ1) is 35.6. The van der Waals surface area contributed by atoms with Crippen LogP contribution in [0.25, 0.3) is 0 Å². The van der Waals surface area contributed by atoms with Crippen LogP contribution >= 0.6 is 7.82 Å². The van der Waals surface area contributed by atoms with Crippen LogP contribution in [0.5, 0.6) is 17.2 Å². The van der Waals surface area contributed by atoms with Crippen molar-refractivity contribution in [2.24, 2.45) is 0 Å². The van der Waals surface area contributed by atoms with Crippen molar-refractivity contribution in [1.82, 2.24) is 0 Å². The van der Waals surface area contributed by atoms with Crippen molar-refractivity contribution in [2.45, 2.75) is 96.9 Å². The van der Waals surface area contributed by atoms with Gasteiger partial charge in [-0.15, -0.1) is 0 Å². The molecule has 0 aliphatic carbocycles. The van der Waals surface area contributed by atoms with Gasteiger partial charge in [-0.05, 0) is 72.4 Å². The van der Waals surface area contributed by atoms with E-state index in [1.54, 1.807) is 21.3 Å². The first-order valence-electron chi connectivity index (χ1n) is 16.0. The Kier molecular flexibility index (Phi) is 15.3. The van der Waals surface area contributed by atoms with Crippen molar-refractivity contribution in [3.8, 4) is 17.2 Å². The number of hydrogen-bond donors (Lipinski definition) is 0. The van der Waals surface area contributed by atoms with Crippen LogP contribution in [0.2, 0.25) is 0 Å². The van der Waals surface area contributed by atoms with Gasteiger partial charge in [0.15, 0.2) is 0 Å². The first-order chi connectivity index (χ1) is 21.4. The highest BCUT2D eigenvalue weighted by atomic mass is 31.2. The zero-order valence-electron chi connectivity index (χ0n) is 27.3. The Morgan fingerprint density at radius 3 is 0.932 bits per heavy atom. The number of benzene rings is 3. The molecule has 0 aliphatic heterocycles. The topological polar surface area (TPSA) is 72.5 Å². The molecule has 0 spiro atoms. The monoisotopic (exact) mass is 626 g/mol. The molecular formula is C36H51O7P. The molecule has 3 atom stereocenters. The summed E-state index contributed by atoms with van der Waals surface area (Å²) in [6.07, 6.45) is 6.14. The molecule has 0 saturated heterocycles. The third-order valence-corrected chi connectivity index (χ3v) is 9.23. The zero-order valence-corrected chi connectivity index (χ0v) is 28.2. The minimum absolute atomic E-state index is 0.489. The largest absolute Gasteiger partial charge is 0.497 e. The highest BCUT2D eigenvalue weighted by molar-refractivity contribution is 7.48. The molecule has 0 radical (unpaired) electrons. The molecule has 0 saturated carbocycles. The minimum atomic E-state index is -4.15. The van der Waals surface area contributed by atoms with E-state index in [-0.39, 0.29) is 0 Å². The third kappa shape index (κ3) is 11.0. The number of phosphoric ester groups is 1. The Morgan fingerprint density at radius 2 is 0.727 bits per heavy atom. The second kappa shape index (κ2) is 18.9. The molecule has 44 heavy (non-hydrogen) atoms. The maximum absolute atomic E-state index is 15.1. The Hall–Kier alpha value is -2.83. The van der Waals surface area contributed by atoms with Crippen LogP contribution in [0.15, 0.2) is 72.8 Å². The zero-order chi connectivity index (χ0) is 31.8. The molecule has 0 aliphatic rings. The summed E-state index contributed by atoms with van der Waals surface area (Å²) in [5, 5.41) is 0. The fraction of sp³-hybridized carbons (Fsp3) is 0.500. The highest BCUT2D eigenvalue weighted by Crippen LogP contribution is 2.60. The van der Waals surface area contributed by atoms with Gasteiger partial charge >= 0.3 is 7.82 Å². The van der Waals surface area contributed by atoms with Crippen molar-refractivity contribution in [3.05, 3.63) is 89.5 Å². The summed E-state index contributed by atoms with van der Waals surface area (Å²) in [7, 11) is 0.765. The van der Waals surface area contributed by atoms with E-state index in [2.05, 4.69) is 20.8 Å². The number of rotatable bonds is 21. The minimum Gasteiger partial charge on any atom is -0.497 e. The van der Waals surface area contributed by atoms with E-state index in [1.807, 2.05) is 72.8 Å². The lowest BCUT2D eigenvalue weighted by molar-refractivity contribution is 0.0214. The molecule has 0 N–H and O–H groups in total. The van der Waals surface area contributed by atoms with Crippen molar-refractivity contribution in [1.29, 1.82) is 0 Å². The number of ether oxygens (including phenoxy) is 3. The molecule has 8 heteroatoms. The Bertz CT molecular complexity index is 1090. The summed E-state index contributed by atoms with van der Waals surface area (Å²) in [4.78, 5) is 0. The van der Waals surface area contributed by atoms with Crippen LogP contribution < -0.4 is 14.2 Å². The molecule has 7 nitrogen and oxygen atoms in total. The average molecular weight is 627 g/mol. The van der Waals surface area contributed by atoms with Crippen molar-refractivity contribution >= 4 is 7.82 Å². The Morgan fingerprint density at radius 1 is 0.477 bits per heavy atom. The van der Waals surface area contributed by atoms with Crippen LogP contribution in [0.1, 0.15) is 114 Å². The van der Waals surface area contributed by atoms with Gasteiger partial charge in [0.2, 0.25) is 0 Å². The standard InChI is InChI=1S/C36H51O7P/c1-7-10-13-34(28-16-22-31(38-4)23-17-28)41-44(37,42-35(14-11-8-2)29-18-24-32(39-5)25-19-29)43-36(15-12-9-3)30-20-26-33(40-6)27-21-30/h16-27,34-36H,7-15H2,1-6H3. The molecule has 3 unspecified atom stereocenters. The molecule has 3 rings (SSSR count). The van der Waals surface area contributed by atoms with Gasteiger partial charge in [0.05, 0.1) is 39.6 Å². The molecule has 242 valence electrons. The second-order valence-electron chi connectivity index (χ2n) is 11.0. The maximum atomic E-state index is 15.1. The van der Waals surface area contributed by atoms with E-state index >= 15 is 4.57 Å². The third-order valence-electron chi connectivity index (χ3n) is 7.69. The highest BCUT2D eigenvalue weighted by Gasteiger charge is 2.38. The number of phosphoric acid groups is 1. The van der Waals surface area contributed by atoms with Gasteiger partial charge < -0.3 is 14.2 Å². The van der Waals surface area contributed by atoms with E-state index in [9.17, 15) is 0 Å². The molecule has 0 bridgehead atoms. The Labute approximate surface area is 264 Å². The van der Waals surface area contributed by atoms with Gasteiger partial charge in [-0.25, -0.2) is 4.57 Å². The van der Waals surface area contributed by atoms with E-state index in [1.165, 1.54) is 0 Å².